The Balaban J connectivity index is 2.52. The third-order valence-corrected chi connectivity index (χ3v) is 3.05. The molecule has 2 rings (SSSR count). The average Bonchev–Trinajstić information content (AvgIpc) is 2.64. The van der Waals surface area contributed by atoms with E-state index in [1.165, 1.54) is 7.11 Å². The summed E-state index contributed by atoms with van der Waals surface area (Å²) in [6.07, 6.45) is -1.39. The Labute approximate surface area is 110 Å². The number of carbonyl (C=O) groups is 2. The highest BCUT2D eigenvalue weighted by Gasteiger charge is 2.46. The normalized spacial score (nSPS) is 22.3. The van der Waals surface area contributed by atoms with Gasteiger partial charge in [0.1, 0.15) is 11.9 Å². The number of aryl methyl sites for hydroxylation is 1. The lowest BCUT2D eigenvalue weighted by Crippen LogP contribution is -2.42. The molecule has 6 nitrogen and oxygen atoms in total. The van der Waals surface area contributed by atoms with Crippen molar-refractivity contribution < 1.29 is 24.2 Å². The number of nitrogens with zero attached hydrogens (tertiary/aromatic N) is 1. The van der Waals surface area contributed by atoms with Gasteiger partial charge in [-0.25, -0.2) is 9.59 Å². The van der Waals surface area contributed by atoms with Crippen molar-refractivity contribution in [2.75, 3.05) is 12.0 Å². The van der Waals surface area contributed by atoms with Gasteiger partial charge in [-0.2, -0.15) is 0 Å². The van der Waals surface area contributed by atoms with Crippen LogP contribution in [0.2, 0.25) is 0 Å². The van der Waals surface area contributed by atoms with Crippen molar-refractivity contribution >= 4 is 17.7 Å². The fourth-order valence-corrected chi connectivity index (χ4v) is 2.15. The van der Waals surface area contributed by atoms with E-state index in [1.54, 1.807) is 19.1 Å². The van der Waals surface area contributed by atoms with E-state index >= 15 is 0 Å². The smallest absolute Gasteiger partial charge is 0.415 e. The van der Waals surface area contributed by atoms with Gasteiger partial charge in [-0.3, -0.25) is 4.90 Å². The van der Waals surface area contributed by atoms with Crippen LogP contribution in [0.5, 0.6) is 5.75 Å². The van der Waals surface area contributed by atoms with Gasteiger partial charge in [-0.15, -0.1) is 0 Å². The molecule has 1 aliphatic rings. The molecular weight excluding hydrogens is 250 g/mol. The maximum absolute atomic E-state index is 11.9. The van der Waals surface area contributed by atoms with Gasteiger partial charge in [-0.05, 0) is 31.5 Å². The highest BCUT2D eigenvalue weighted by atomic mass is 16.6. The first kappa shape index (κ1) is 13.2. The number of hydrogen-bond donors (Lipinski definition) is 1. The van der Waals surface area contributed by atoms with Crippen molar-refractivity contribution in [1.29, 1.82) is 0 Å². The zero-order valence-electron chi connectivity index (χ0n) is 10.9. The van der Waals surface area contributed by atoms with Crippen molar-refractivity contribution in [3.05, 3.63) is 23.8 Å². The van der Waals surface area contributed by atoms with Crippen LogP contribution in [0.25, 0.3) is 0 Å². The van der Waals surface area contributed by atoms with Crippen molar-refractivity contribution in [1.82, 2.24) is 0 Å². The second kappa shape index (κ2) is 4.79. The van der Waals surface area contributed by atoms with Gasteiger partial charge in [0, 0.05) is 0 Å². The Kier molecular flexibility index (Phi) is 3.33. The SMILES string of the molecule is COc1ccc(C)cc1N1C(=O)OC(C)C1C(=O)O. The molecule has 2 atom stereocenters. The predicted molar refractivity (Wildman–Crippen MR) is 67.6 cm³/mol. The number of cyclic esters (lactones) is 1. The van der Waals surface area contributed by atoms with Crippen LogP contribution in [0.3, 0.4) is 0 Å². The summed E-state index contributed by atoms with van der Waals surface area (Å²) in [5, 5.41) is 9.25. The van der Waals surface area contributed by atoms with Gasteiger partial charge in [-0.1, -0.05) is 6.07 Å². The maximum atomic E-state index is 11.9. The van der Waals surface area contributed by atoms with Crippen molar-refractivity contribution in [3.8, 4) is 5.75 Å². The lowest BCUT2D eigenvalue weighted by Gasteiger charge is -2.22. The number of ether oxygens (including phenoxy) is 2. The van der Waals surface area contributed by atoms with Crippen LogP contribution in [-0.4, -0.2) is 36.4 Å². The summed E-state index contributed by atoms with van der Waals surface area (Å²) in [6, 6.07) is 4.17. The van der Waals surface area contributed by atoms with Crippen molar-refractivity contribution in [2.45, 2.75) is 26.0 Å². The van der Waals surface area contributed by atoms with E-state index in [-0.39, 0.29) is 0 Å². The molecule has 1 fully saturated rings. The van der Waals surface area contributed by atoms with Crippen LogP contribution in [-0.2, 0) is 9.53 Å². The van der Waals surface area contributed by atoms with Gasteiger partial charge in [0.05, 0.1) is 12.8 Å². The molecule has 102 valence electrons. The number of amides is 1. The minimum atomic E-state index is -1.11. The van der Waals surface area contributed by atoms with E-state index in [0.29, 0.717) is 11.4 Å². The highest BCUT2D eigenvalue weighted by molar-refractivity contribution is 5.99. The van der Waals surface area contributed by atoms with E-state index in [4.69, 9.17) is 9.47 Å². The molecule has 0 aromatic heterocycles. The number of hydrogen-bond acceptors (Lipinski definition) is 4. The van der Waals surface area contributed by atoms with E-state index < -0.39 is 24.2 Å². The van der Waals surface area contributed by atoms with E-state index in [9.17, 15) is 14.7 Å². The summed E-state index contributed by atoms with van der Waals surface area (Å²) < 4.78 is 10.2. The lowest BCUT2D eigenvalue weighted by atomic mass is 10.1. The molecule has 19 heavy (non-hydrogen) atoms. The van der Waals surface area contributed by atoms with Crippen LogP contribution < -0.4 is 9.64 Å². The summed E-state index contributed by atoms with van der Waals surface area (Å²) in [7, 11) is 1.47. The average molecular weight is 265 g/mol. The summed E-state index contributed by atoms with van der Waals surface area (Å²) >= 11 is 0. The Bertz CT molecular complexity index is 528. The van der Waals surface area contributed by atoms with Gasteiger partial charge in [0.15, 0.2) is 6.04 Å². The van der Waals surface area contributed by atoms with Crippen LogP contribution >= 0.6 is 0 Å². The molecule has 1 aromatic carbocycles. The monoisotopic (exact) mass is 265 g/mol. The minimum Gasteiger partial charge on any atom is -0.495 e. The molecule has 0 radical (unpaired) electrons. The second-order valence-corrected chi connectivity index (χ2v) is 4.42. The number of carboxylic acids is 1. The van der Waals surface area contributed by atoms with Crippen molar-refractivity contribution in [2.24, 2.45) is 0 Å². The third-order valence-electron chi connectivity index (χ3n) is 3.05. The molecule has 1 amide bonds. The van der Waals surface area contributed by atoms with Gasteiger partial charge < -0.3 is 14.6 Å². The molecule has 1 N–H and O–H groups in total. The van der Waals surface area contributed by atoms with Gasteiger partial charge >= 0.3 is 12.1 Å². The summed E-state index contributed by atoms with van der Waals surface area (Å²) in [4.78, 5) is 24.3. The molecule has 0 saturated carbocycles. The molecule has 6 heteroatoms. The van der Waals surface area contributed by atoms with E-state index in [2.05, 4.69) is 0 Å². The second-order valence-electron chi connectivity index (χ2n) is 4.42. The Morgan fingerprint density at radius 3 is 2.74 bits per heavy atom. The third kappa shape index (κ3) is 2.21. The minimum absolute atomic E-state index is 0.407. The molecule has 1 saturated heterocycles. The zero-order valence-corrected chi connectivity index (χ0v) is 10.9. The molecule has 1 aliphatic heterocycles. The van der Waals surface area contributed by atoms with Crippen LogP contribution in [0.15, 0.2) is 18.2 Å². The zero-order chi connectivity index (χ0) is 14.2. The van der Waals surface area contributed by atoms with Crippen LogP contribution in [0, 0.1) is 6.92 Å². The topological polar surface area (TPSA) is 76.1 Å². The number of anilines is 1. The number of carboxylic acid groups (broad SMARTS) is 1. The Morgan fingerprint density at radius 1 is 1.47 bits per heavy atom. The molecule has 1 aromatic rings. The fraction of sp³-hybridized carbons (Fsp3) is 0.385. The largest absolute Gasteiger partial charge is 0.495 e. The fourth-order valence-electron chi connectivity index (χ4n) is 2.15. The first-order valence-electron chi connectivity index (χ1n) is 5.83. The number of rotatable bonds is 3. The molecule has 0 spiro atoms. The summed E-state index contributed by atoms with van der Waals surface area (Å²) in [5.41, 5.74) is 1.30. The molecular formula is C13H15NO5. The predicted octanol–water partition coefficient (Wildman–Crippen LogP) is 1.80. The lowest BCUT2D eigenvalue weighted by molar-refractivity contribution is -0.139. The standard InChI is InChI=1S/C13H15NO5/c1-7-4-5-10(18-3)9(6-7)14-11(12(15)16)8(2)19-13(14)17/h4-6,8,11H,1-3H3,(H,15,16). The van der Waals surface area contributed by atoms with Crippen LogP contribution in [0.1, 0.15) is 12.5 Å². The van der Waals surface area contributed by atoms with Crippen LogP contribution in [0.4, 0.5) is 10.5 Å². The van der Waals surface area contributed by atoms with Gasteiger partial charge in [0.25, 0.3) is 0 Å². The van der Waals surface area contributed by atoms with Crippen molar-refractivity contribution in [3.63, 3.8) is 0 Å². The Morgan fingerprint density at radius 2 is 2.16 bits per heavy atom. The van der Waals surface area contributed by atoms with E-state index in [0.717, 1.165) is 10.5 Å². The quantitative estimate of drug-likeness (QED) is 0.901. The molecule has 2 unspecified atom stereocenters. The van der Waals surface area contributed by atoms with Gasteiger partial charge in [0.2, 0.25) is 0 Å². The number of aliphatic carboxylic acids is 1. The number of benzene rings is 1. The maximum Gasteiger partial charge on any atom is 0.415 e. The summed E-state index contributed by atoms with van der Waals surface area (Å²) in [5.74, 6) is -0.676. The molecule has 0 bridgehead atoms. The first-order chi connectivity index (χ1) is 8.95. The summed E-state index contributed by atoms with van der Waals surface area (Å²) in [6.45, 7) is 3.41. The first-order valence-corrected chi connectivity index (χ1v) is 5.83. The number of carbonyl (C=O) groups excluding carboxylic acids is 1. The number of methoxy groups -OCH3 is 1. The highest BCUT2D eigenvalue weighted by Crippen LogP contribution is 2.35. The molecule has 0 aliphatic carbocycles. The van der Waals surface area contributed by atoms with E-state index in [1.807, 2.05) is 13.0 Å². The Hall–Kier alpha value is -2.24. The molecule has 1 heterocycles.